The summed E-state index contributed by atoms with van der Waals surface area (Å²) in [6, 6.07) is 15.0. The van der Waals surface area contributed by atoms with Gasteiger partial charge in [0.05, 0.1) is 7.11 Å². The fourth-order valence-corrected chi connectivity index (χ4v) is 2.54. The maximum absolute atomic E-state index is 5.27. The molecule has 0 atom stereocenters. The Balaban J connectivity index is 1.96. The maximum Gasteiger partial charge on any atom is 0.119 e. The SMILES string of the molecule is COc1ccc2c(ccn2Cc2ccc(C)c(C)c2)c1. The summed E-state index contributed by atoms with van der Waals surface area (Å²) in [6.07, 6.45) is 2.14. The standard InChI is InChI=1S/C18H19NO/c1-13-4-5-15(10-14(13)2)12-19-9-8-16-11-17(20-3)6-7-18(16)19/h4-11H,12H2,1-3H3. The van der Waals surface area contributed by atoms with E-state index < -0.39 is 0 Å². The Morgan fingerprint density at radius 3 is 2.55 bits per heavy atom. The van der Waals surface area contributed by atoms with Crippen LogP contribution in [-0.4, -0.2) is 11.7 Å². The Kier molecular flexibility index (Phi) is 3.23. The zero-order chi connectivity index (χ0) is 14.1. The van der Waals surface area contributed by atoms with Gasteiger partial charge in [-0.05, 0) is 54.8 Å². The number of fused-ring (bicyclic) bond motifs is 1. The number of ether oxygens (including phenoxy) is 1. The van der Waals surface area contributed by atoms with Crippen LogP contribution in [0.4, 0.5) is 0 Å². The molecule has 0 aliphatic rings. The van der Waals surface area contributed by atoms with Gasteiger partial charge in [0.25, 0.3) is 0 Å². The van der Waals surface area contributed by atoms with E-state index in [9.17, 15) is 0 Å². The number of hydrogen-bond donors (Lipinski definition) is 0. The first-order valence-electron chi connectivity index (χ1n) is 6.86. The first-order valence-corrected chi connectivity index (χ1v) is 6.86. The first-order chi connectivity index (χ1) is 9.67. The molecule has 0 aliphatic heterocycles. The molecular formula is C18H19NO. The third-order valence-electron chi connectivity index (χ3n) is 3.90. The highest BCUT2D eigenvalue weighted by Crippen LogP contribution is 2.23. The van der Waals surface area contributed by atoms with Gasteiger partial charge in [-0.3, -0.25) is 0 Å². The van der Waals surface area contributed by atoms with Gasteiger partial charge in [-0.2, -0.15) is 0 Å². The molecule has 0 amide bonds. The number of methoxy groups -OCH3 is 1. The fourth-order valence-electron chi connectivity index (χ4n) is 2.54. The fraction of sp³-hybridized carbons (Fsp3) is 0.222. The van der Waals surface area contributed by atoms with Crippen LogP contribution in [0.5, 0.6) is 5.75 Å². The van der Waals surface area contributed by atoms with E-state index in [0.717, 1.165) is 12.3 Å². The highest BCUT2D eigenvalue weighted by Gasteiger charge is 2.04. The molecule has 1 heterocycles. The lowest BCUT2D eigenvalue weighted by atomic mass is 10.1. The van der Waals surface area contributed by atoms with Gasteiger partial charge in [0.1, 0.15) is 5.75 Å². The lowest BCUT2D eigenvalue weighted by Gasteiger charge is -2.08. The van der Waals surface area contributed by atoms with Gasteiger partial charge in [-0.15, -0.1) is 0 Å². The van der Waals surface area contributed by atoms with E-state index in [-0.39, 0.29) is 0 Å². The molecule has 0 unspecified atom stereocenters. The van der Waals surface area contributed by atoms with Crippen molar-refractivity contribution < 1.29 is 4.74 Å². The molecule has 3 aromatic rings. The van der Waals surface area contributed by atoms with Crippen molar-refractivity contribution in [2.45, 2.75) is 20.4 Å². The van der Waals surface area contributed by atoms with Gasteiger partial charge in [-0.1, -0.05) is 18.2 Å². The number of rotatable bonds is 3. The van der Waals surface area contributed by atoms with Crippen LogP contribution >= 0.6 is 0 Å². The first kappa shape index (κ1) is 12.8. The smallest absolute Gasteiger partial charge is 0.119 e. The Hall–Kier alpha value is -2.22. The summed E-state index contributed by atoms with van der Waals surface area (Å²) in [5.41, 5.74) is 5.27. The summed E-state index contributed by atoms with van der Waals surface area (Å²) in [7, 11) is 1.70. The number of hydrogen-bond acceptors (Lipinski definition) is 1. The molecule has 0 saturated carbocycles. The van der Waals surface area contributed by atoms with Crippen molar-refractivity contribution in [2.75, 3.05) is 7.11 Å². The molecule has 0 bridgehead atoms. The molecule has 1 aromatic heterocycles. The molecule has 2 heteroatoms. The average molecular weight is 265 g/mol. The minimum atomic E-state index is 0.900. The summed E-state index contributed by atoms with van der Waals surface area (Å²) >= 11 is 0. The van der Waals surface area contributed by atoms with Gasteiger partial charge in [0.15, 0.2) is 0 Å². The molecule has 102 valence electrons. The zero-order valence-corrected chi connectivity index (χ0v) is 12.2. The number of aryl methyl sites for hydroxylation is 2. The second-order valence-corrected chi connectivity index (χ2v) is 5.29. The third-order valence-corrected chi connectivity index (χ3v) is 3.90. The van der Waals surface area contributed by atoms with Crippen molar-refractivity contribution in [3.05, 3.63) is 65.4 Å². The molecular weight excluding hydrogens is 246 g/mol. The topological polar surface area (TPSA) is 14.2 Å². The van der Waals surface area contributed by atoms with E-state index in [1.165, 1.54) is 27.6 Å². The molecule has 0 radical (unpaired) electrons. The summed E-state index contributed by atoms with van der Waals surface area (Å²) in [6.45, 7) is 5.21. The minimum absolute atomic E-state index is 0.900. The molecule has 0 fully saturated rings. The second kappa shape index (κ2) is 5.04. The molecule has 2 nitrogen and oxygen atoms in total. The Morgan fingerprint density at radius 2 is 1.80 bits per heavy atom. The number of aromatic nitrogens is 1. The summed E-state index contributed by atoms with van der Waals surface area (Å²) in [5, 5.41) is 1.22. The summed E-state index contributed by atoms with van der Waals surface area (Å²) in [4.78, 5) is 0. The van der Waals surface area contributed by atoms with E-state index in [0.29, 0.717) is 0 Å². The van der Waals surface area contributed by atoms with E-state index >= 15 is 0 Å². The van der Waals surface area contributed by atoms with Crippen LogP contribution in [-0.2, 0) is 6.54 Å². The Morgan fingerprint density at radius 1 is 0.950 bits per heavy atom. The van der Waals surface area contributed by atoms with Crippen molar-refractivity contribution in [1.82, 2.24) is 4.57 Å². The highest BCUT2D eigenvalue weighted by molar-refractivity contribution is 5.81. The van der Waals surface area contributed by atoms with Gasteiger partial charge in [0.2, 0.25) is 0 Å². The molecule has 20 heavy (non-hydrogen) atoms. The predicted molar refractivity (Wildman–Crippen MR) is 83.5 cm³/mol. The molecule has 0 spiro atoms. The van der Waals surface area contributed by atoms with E-state index in [1.54, 1.807) is 7.11 Å². The number of benzene rings is 2. The zero-order valence-electron chi connectivity index (χ0n) is 12.2. The van der Waals surface area contributed by atoms with Crippen LogP contribution in [0.3, 0.4) is 0 Å². The Labute approximate surface area is 119 Å². The van der Waals surface area contributed by atoms with Crippen LogP contribution in [0.25, 0.3) is 10.9 Å². The molecule has 0 aliphatic carbocycles. The normalized spacial score (nSPS) is 10.9. The van der Waals surface area contributed by atoms with Crippen molar-refractivity contribution in [1.29, 1.82) is 0 Å². The quantitative estimate of drug-likeness (QED) is 0.688. The maximum atomic E-state index is 5.27. The monoisotopic (exact) mass is 265 g/mol. The molecule has 2 aromatic carbocycles. The summed E-state index contributed by atoms with van der Waals surface area (Å²) < 4.78 is 7.55. The van der Waals surface area contributed by atoms with E-state index in [4.69, 9.17) is 4.74 Å². The second-order valence-electron chi connectivity index (χ2n) is 5.29. The van der Waals surface area contributed by atoms with Crippen molar-refractivity contribution in [3.8, 4) is 5.75 Å². The third kappa shape index (κ3) is 2.29. The van der Waals surface area contributed by atoms with Crippen molar-refractivity contribution in [3.63, 3.8) is 0 Å². The molecule has 0 N–H and O–H groups in total. The van der Waals surface area contributed by atoms with Crippen LogP contribution in [0.15, 0.2) is 48.7 Å². The molecule has 3 rings (SSSR count). The van der Waals surface area contributed by atoms with Gasteiger partial charge < -0.3 is 9.30 Å². The van der Waals surface area contributed by atoms with Crippen LogP contribution in [0.2, 0.25) is 0 Å². The van der Waals surface area contributed by atoms with Crippen molar-refractivity contribution in [2.24, 2.45) is 0 Å². The lowest BCUT2D eigenvalue weighted by Crippen LogP contribution is -1.98. The highest BCUT2D eigenvalue weighted by atomic mass is 16.5. The predicted octanol–water partition coefficient (Wildman–Crippen LogP) is 4.32. The summed E-state index contributed by atoms with van der Waals surface area (Å²) in [5.74, 6) is 0.904. The van der Waals surface area contributed by atoms with Gasteiger partial charge in [0, 0.05) is 23.6 Å². The Bertz CT molecular complexity index is 755. The number of nitrogens with zero attached hydrogens (tertiary/aromatic N) is 1. The average Bonchev–Trinajstić information content (AvgIpc) is 2.85. The van der Waals surface area contributed by atoms with Gasteiger partial charge >= 0.3 is 0 Å². The van der Waals surface area contributed by atoms with Crippen molar-refractivity contribution >= 4 is 10.9 Å². The largest absolute Gasteiger partial charge is 0.497 e. The van der Waals surface area contributed by atoms with Gasteiger partial charge in [-0.25, -0.2) is 0 Å². The minimum Gasteiger partial charge on any atom is -0.497 e. The van der Waals surface area contributed by atoms with Crippen LogP contribution in [0, 0.1) is 13.8 Å². The lowest BCUT2D eigenvalue weighted by molar-refractivity contribution is 0.415. The molecule has 0 saturated heterocycles. The van der Waals surface area contributed by atoms with E-state index in [2.05, 4.69) is 61.0 Å². The van der Waals surface area contributed by atoms with E-state index in [1.807, 2.05) is 6.07 Å². The van der Waals surface area contributed by atoms with Crippen LogP contribution < -0.4 is 4.74 Å². The van der Waals surface area contributed by atoms with Crippen LogP contribution in [0.1, 0.15) is 16.7 Å².